The minimum absolute atomic E-state index is 0.214. The maximum atomic E-state index is 5.95. The van der Waals surface area contributed by atoms with Crippen molar-refractivity contribution < 1.29 is 4.42 Å². The Hall–Kier alpha value is -1.69. The van der Waals surface area contributed by atoms with E-state index >= 15 is 0 Å². The fourth-order valence-electron chi connectivity index (χ4n) is 2.12. The zero-order valence-electron chi connectivity index (χ0n) is 8.83. The Labute approximate surface area is 92.5 Å². The highest BCUT2D eigenvalue weighted by Gasteiger charge is 2.21. The summed E-state index contributed by atoms with van der Waals surface area (Å²) in [6.45, 7) is 1.78. The van der Waals surface area contributed by atoms with Crippen molar-refractivity contribution in [1.29, 1.82) is 0 Å². The maximum Gasteiger partial charge on any atom is 0.252 e. The zero-order chi connectivity index (χ0) is 11.0. The third kappa shape index (κ3) is 1.51. The van der Waals surface area contributed by atoms with E-state index in [1.807, 2.05) is 0 Å². The summed E-state index contributed by atoms with van der Waals surface area (Å²) >= 11 is 0. The highest BCUT2D eigenvalue weighted by atomic mass is 16.3. The smallest absolute Gasteiger partial charge is 0.252 e. The normalized spacial score (nSPS) is 21.6. The standard InChI is InChI=1S/C10H13N5O/c11-7-2-1-3-15(4-7)9-8-10(13-5-12-9)16-6-14-8/h5-7H,1-4,11H2. The Balaban J connectivity index is 2.01. The van der Waals surface area contributed by atoms with Crippen LogP contribution in [0.2, 0.25) is 0 Å². The number of oxazole rings is 1. The Morgan fingerprint density at radius 3 is 3.19 bits per heavy atom. The van der Waals surface area contributed by atoms with E-state index in [0.29, 0.717) is 5.71 Å². The third-order valence-corrected chi connectivity index (χ3v) is 2.87. The van der Waals surface area contributed by atoms with Crippen LogP contribution in [0.15, 0.2) is 17.1 Å². The maximum absolute atomic E-state index is 5.95. The van der Waals surface area contributed by atoms with Gasteiger partial charge in [-0.3, -0.25) is 0 Å². The van der Waals surface area contributed by atoms with Crippen molar-refractivity contribution in [2.45, 2.75) is 18.9 Å². The Bertz CT molecular complexity index is 497. The lowest BCUT2D eigenvalue weighted by Crippen LogP contribution is -2.43. The van der Waals surface area contributed by atoms with Crippen LogP contribution in [-0.4, -0.2) is 34.1 Å². The van der Waals surface area contributed by atoms with Crippen molar-refractivity contribution in [3.63, 3.8) is 0 Å². The van der Waals surface area contributed by atoms with Crippen LogP contribution >= 0.6 is 0 Å². The van der Waals surface area contributed by atoms with Gasteiger partial charge in [0, 0.05) is 19.1 Å². The first kappa shape index (κ1) is 9.53. The Morgan fingerprint density at radius 2 is 2.31 bits per heavy atom. The number of aromatic nitrogens is 3. The number of piperidine rings is 1. The van der Waals surface area contributed by atoms with Gasteiger partial charge >= 0.3 is 0 Å². The monoisotopic (exact) mass is 219 g/mol. The molecule has 2 N–H and O–H groups in total. The predicted molar refractivity (Wildman–Crippen MR) is 59.0 cm³/mol. The van der Waals surface area contributed by atoms with Gasteiger partial charge in [-0.1, -0.05) is 0 Å². The molecule has 2 aromatic heterocycles. The number of hydrogen-bond acceptors (Lipinski definition) is 6. The summed E-state index contributed by atoms with van der Waals surface area (Å²) in [5.41, 5.74) is 7.20. The Morgan fingerprint density at radius 1 is 1.38 bits per heavy atom. The summed E-state index contributed by atoms with van der Waals surface area (Å²) in [6, 6.07) is 0.214. The van der Waals surface area contributed by atoms with Crippen LogP contribution in [0, 0.1) is 0 Å². The van der Waals surface area contributed by atoms with Crippen molar-refractivity contribution in [3.8, 4) is 0 Å². The van der Waals surface area contributed by atoms with Gasteiger partial charge in [0.05, 0.1) is 0 Å². The highest BCUT2D eigenvalue weighted by molar-refractivity contribution is 5.81. The topological polar surface area (TPSA) is 81.1 Å². The molecule has 0 aliphatic carbocycles. The molecule has 0 aromatic carbocycles. The first-order valence-corrected chi connectivity index (χ1v) is 5.39. The van der Waals surface area contributed by atoms with Crippen LogP contribution < -0.4 is 10.6 Å². The molecular weight excluding hydrogens is 206 g/mol. The second-order valence-electron chi connectivity index (χ2n) is 4.05. The van der Waals surface area contributed by atoms with Crippen LogP contribution in [0.5, 0.6) is 0 Å². The SMILES string of the molecule is NC1CCCN(c2ncnc3ocnc23)C1. The van der Waals surface area contributed by atoms with Crippen molar-refractivity contribution >= 4 is 17.0 Å². The van der Waals surface area contributed by atoms with Crippen LogP contribution in [0.4, 0.5) is 5.82 Å². The minimum Gasteiger partial charge on any atom is -0.425 e. The first-order valence-electron chi connectivity index (χ1n) is 5.39. The number of rotatable bonds is 1. The Kier molecular flexibility index (Phi) is 2.21. The molecule has 1 fully saturated rings. The lowest BCUT2D eigenvalue weighted by Gasteiger charge is -2.31. The van der Waals surface area contributed by atoms with Gasteiger partial charge in [-0.25, -0.2) is 9.97 Å². The van der Waals surface area contributed by atoms with Gasteiger partial charge < -0.3 is 15.1 Å². The minimum atomic E-state index is 0.214. The van der Waals surface area contributed by atoms with Gasteiger partial charge in [0.2, 0.25) is 0 Å². The van der Waals surface area contributed by atoms with Crippen molar-refractivity contribution in [1.82, 2.24) is 15.0 Å². The van der Waals surface area contributed by atoms with Crippen molar-refractivity contribution in [2.75, 3.05) is 18.0 Å². The number of nitrogens with two attached hydrogens (primary N) is 1. The van der Waals surface area contributed by atoms with Crippen LogP contribution in [0.25, 0.3) is 11.2 Å². The summed E-state index contributed by atoms with van der Waals surface area (Å²) in [5, 5.41) is 0. The molecule has 0 amide bonds. The summed E-state index contributed by atoms with van der Waals surface area (Å²) in [5.74, 6) is 0.828. The van der Waals surface area contributed by atoms with E-state index in [4.69, 9.17) is 10.2 Å². The molecule has 6 nitrogen and oxygen atoms in total. The molecule has 1 aliphatic heterocycles. The molecule has 1 unspecified atom stereocenters. The lowest BCUT2D eigenvalue weighted by molar-refractivity contribution is 0.503. The summed E-state index contributed by atoms with van der Waals surface area (Å²) < 4.78 is 5.16. The summed E-state index contributed by atoms with van der Waals surface area (Å²) in [7, 11) is 0. The third-order valence-electron chi connectivity index (χ3n) is 2.87. The van der Waals surface area contributed by atoms with Gasteiger partial charge in [-0.15, -0.1) is 0 Å². The van der Waals surface area contributed by atoms with E-state index in [1.165, 1.54) is 12.7 Å². The van der Waals surface area contributed by atoms with Crippen molar-refractivity contribution in [3.05, 3.63) is 12.7 Å². The largest absolute Gasteiger partial charge is 0.425 e. The van der Waals surface area contributed by atoms with E-state index in [-0.39, 0.29) is 6.04 Å². The highest BCUT2D eigenvalue weighted by Crippen LogP contribution is 2.23. The summed E-state index contributed by atoms with van der Waals surface area (Å²) in [6.07, 6.45) is 5.06. The molecule has 3 rings (SSSR count). The number of hydrogen-bond donors (Lipinski definition) is 1. The molecule has 6 heteroatoms. The average Bonchev–Trinajstić information content (AvgIpc) is 2.76. The predicted octanol–water partition coefficient (Wildman–Crippen LogP) is 0.545. The zero-order valence-corrected chi connectivity index (χ0v) is 8.83. The lowest BCUT2D eigenvalue weighted by atomic mass is 10.1. The fraction of sp³-hybridized carbons (Fsp3) is 0.500. The fourth-order valence-corrected chi connectivity index (χ4v) is 2.12. The number of fused-ring (bicyclic) bond motifs is 1. The molecule has 0 radical (unpaired) electrons. The van der Waals surface area contributed by atoms with E-state index < -0.39 is 0 Å². The summed E-state index contributed by atoms with van der Waals surface area (Å²) in [4.78, 5) is 14.6. The first-order chi connectivity index (χ1) is 7.84. The molecule has 3 heterocycles. The van der Waals surface area contributed by atoms with Crippen LogP contribution in [0.3, 0.4) is 0 Å². The van der Waals surface area contributed by atoms with Crippen molar-refractivity contribution in [2.24, 2.45) is 5.73 Å². The van der Waals surface area contributed by atoms with E-state index in [2.05, 4.69) is 19.9 Å². The number of anilines is 1. The second kappa shape index (κ2) is 3.71. The number of nitrogens with zero attached hydrogens (tertiary/aromatic N) is 4. The van der Waals surface area contributed by atoms with Crippen LogP contribution in [-0.2, 0) is 0 Å². The molecule has 1 aliphatic rings. The molecule has 0 spiro atoms. The van der Waals surface area contributed by atoms with Gasteiger partial charge in [-0.2, -0.15) is 4.98 Å². The van der Waals surface area contributed by atoms with E-state index in [9.17, 15) is 0 Å². The molecule has 84 valence electrons. The molecule has 0 bridgehead atoms. The average molecular weight is 219 g/mol. The van der Waals surface area contributed by atoms with E-state index in [1.54, 1.807) is 0 Å². The molecule has 1 saturated heterocycles. The molecule has 1 atom stereocenters. The van der Waals surface area contributed by atoms with Crippen LogP contribution in [0.1, 0.15) is 12.8 Å². The van der Waals surface area contributed by atoms with Gasteiger partial charge in [0.15, 0.2) is 17.7 Å². The molecule has 0 saturated carbocycles. The quantitative estimate of drug-likeness (QED) is 0.754. The second-order valence-corrected chi connectivity index (χ2v) is 4.05. The molecular formula is C10H13N5O. The molecule has 2 aromatic rings. The van der Waals surface area contributed by atoms with Gasteiger partial charge in [0.1, 0.15) is 6.33 Å². The van der Waals surface area contributed by atoms with Gasteiger partial charge in [0.25, 0.3) is 5.71 Å². The van der Waals surface area contributed by atoms with Gasteiger partial charge in [-0.05, 0) is 12.8 Å². The van der Waals surface area contributed by atoms with E-state index in [0.717, 1.165) is 37.3 Å². The molecule has 16 heavy (non-hydrogen) atoms.